The number of sulfonamides is 1. The molecular formula is C11H18N2O5S2. The Bertz CT molecular complexity index is 563. The summed E-state index contributed by atoms with van der Waals surface area (Å²) in [7, 11) is -2.76. The van der Waals surface area contributed by atoms with Gasteiger partial charge < -0.3 is 9.84 Å². The molecule has 20 heavy (non-hydrogen) atoms. The second-order valence-corrected chi connectivity index (χ2v) is 7.05. The van der Waals surface area contributed by atoms with Crippen LogP contribution in [0.5, 0.6) is 0 Å². The quantitative estimate of drug-likeness (QED) is 0.718. The van der Waals surface area contributed by atoms with Crippen LogP contribution in [0.15, 0.2) is 9.72 Å². The Balaban J connectivity index is 2.96. The first-order valence-electron chi connectivity index (χ1n) is 6.03. The van der Waals surface area contributed by atoms with Crippen molar-refractivity contribution in [1.29, 1.82) is 0 Å². The van der Waals surface area contributed by atoms with Crippen LogP contribution in [0, 0.1) is 0 Å². The van der Waals surface area contributed by atoms with Gasteiger partial charge in [0, 0.05) is 6.54 Å². The Morgan fingerprint density at radius 2 is 2.10 bits per heavy atom. The second-order valence-electron chi connectivity index (χ2n) is 4.24. The average molecular weight is 322 g/mol. The minimum Gasteiger partial charge on any atom is -0.464 e. The van der Waals surface area contributed by atoms with Crippen molar-refractivity contribution in [2.75, 3.05) is 13.7 Å². The number of thiazole rings is 1. The molecule has 7 nitrogen and oxygen atoms in total. The topological polar surface area (TPSA) is 106 Å². The number of aliphatic hydroxyl groups is 1. The molecule has 0 bridgehead atoms. The molecular weight excluding hydrogens is 304 g/mol. The van der Waals surface area contributed by atoms with Crippen molar-refractivity contribution >= 4 is 27.3 Å². The number of hydrogen-bond donors (Lipinski definition) is 2. The fraction of sp³-hybridized carbons (Fsp3) is 0.636. The van der Waals surface area contributed by atoms with Gasteiger partial charge in [0.05, 0.1) is 18.2 Å². The third kappa shape index (κ3) is 3.75. The van der Waals surface area contributed by atoms with E-state index in [1.807, 2.05) is 0 Å². The van der Waals surface area contributed by atoms with Crippen LogP contribution in [0.4, 0.5) is 0 Å². The van der Waals surface area contributed by atoms with Gasteiger partial charge >= 0.3 is 5.97 Å². The largest absolute Gasteiger partial charge is 0.464 e. The molecule has 9 heteroatoms. The number of nitrogens with zero attached hydrogens (tertiary/aromatic N) is 1. The minimum atomic E-state index is -3.91. The van der Waals surface area contributed by atoms with Crippen molar-refractivity contribution < 1.29 is 23.1 Å². The zero-order chi connectivity index (χ0) is 15.4. The van der Waals surface area contributed by atoms with Crippen LogP contribution < -0.4 is 4.72 Å². The van der Waals surface area contributed by atoms with Crippen molar-refractivity contribution in [3.63, 3.8) is 0 Å². The maximum absolute atomic E-state index is 12.2. The lowest BCUT2D eigenvalue weighted by molar-refractivity contribution is 0.0377. The van der Waals surface area contributed by atoms with Gasteiger partial charge in [0.15, 0.2) is 9.90 Å². The van der Waals surface area contributed by atoms with Crippen LogP contribution in [0.2, 0.25) is 0 Å². The zero-order valence-corrected chi connectivity index (χ0v) is 13.2. The van der Waals surface area contributed by atoms with E-state index in [0.29, 0.717) is 12.8 Å². The van der Waals surface area contributed by atoms with E-state index in [1.54, 1.807) is 13.8 Å². The number of ether oxygens (including phenoxy) is 1. The van der Waals surface area contributed by atoms with Gasteiger partial charge in [-0.1, -0.05) is 13.8 Å². The number of methoxy groups -OCH3 is 1. The summed E-state index contributed by atoms with van der Waals surface area (Å²) in [5, 5.41) is 10.1. The van der Waals surface area contributed by atoms with E-state index in [2.05, 4.69) is 14.4 Å². The van der Waals surface area contributed by atoms with Crippen LogP contribution in [0.25, 0.3) is 0 Å². The van der Waals surface area contributed by atoms with Crippen LogP contribution in [0.1, 0.15) is 37.2 Å². The van der Waals surface area contributed by atoms with E-state index in [-0.39, 0.29) is 16.4 Å². The lowest BCUT2D eigenvalue weighted by atomic mass is 9.98. The molecule has 0 saturated carbocycles. The molecule has 0 spiro atoms. The molecule has 0 aromatic carbocycles. The van der Waals surface area contributed by atoms with Gasteiger partial charge in [0.2, 0.25) is 0 Å². The predicted molar refractivity (Wildman–Crippen MR) is 74.2 cm³/mol. The van der Waals surface area contributed by atoms with Crippen LogP contribution >= 0.6 is 11.3 Å². The monoisotopic (exact) mass is 322 g/mol. The number of hydrogen-bond acceptors (Lipinski definition) is 7. The van der Waals surface area contributed by atoms with Gasteiger partial charge in [-0.3, -0.25) is 0 Å². The van der Waals surface area contributed by atoms with Crippen LogP contribution in [-0.2, 0) is 14.8 Å². The molecule has 0 atom stereocenters. The molecule has 0 aliphatic rings. The summed E-state index contributed by atoms with van der Waals surface area (Å²) in [4.78, 5) is 15.1. The number of carbonyl (C=O) groups excluding carboxylic acids is 1. The molecule has 1 aromatic rings. The molecule has 1 aromatic heterocycles. The Morgan fingerprint density at radius 3 is 2.60 bits per heavy atom. The highest BCUT2D eigenvalue weighted by molar-refractivity contribution is 7.91. The first-order chi connectivity index (χ1) is 9.29. The van der Waals surface area contributed by atoms with E-state index in [1.165, 1.54) is 5.51 Å². The minimum absolute atomic E-state index is 0.124. The molecule has 1 rings (SSSR count). The molecule has 2 N–H and O–H groups in total. The second kappa shape index (κ2) is 6.61. The molecule has 0 aliphatic carbocycles. The molecule has 0 radical (unpaired) electrons. The number of nitrogens with one attached hydrogen (secondary N) is 1. The first kappa shape index (κ1) is 17.0. The molecule has 0 saturated heterocycles. The Hall–Kier alpha value is -1.03. The van der Waals surface area contributed by atoms with Crippen molar-refractivity contribution in [2.45, 2.75) is 36.5 Å². The van der Waals surface area contributed by atoms with Gasteiger partial charge in [0.25, 0.3) is 10.0 Å². The fourth-order valence-electron chi connectivity index (χ4n) is 1.45. The standard InChI is InChI=1S/C11H18N2O5S2/c1-4-11(15,5-2)6-13-20(16,17)10-8(9(14)18-3)12-7-19-10/h7,13,15H,4-6H2,1-3H3. The SMILES string of the molecule is CCC(O)(CC)CNS(=O)(=O)c1scnc1C(=O)OC. The lowest BCUT2D eigenvalue weighted by Gasteiger charge is -2.25. The fourth-order valence-corrected chi connectivity index (χ4v) is 3.75. The van der Waals surface area contributed by atoms with Gasteiger partial charge in [-0.2, -0.15) is 0 Å². The van der Waals surface area contributed by atoms with E-state index in [9.17, 15) is 18.3 Å². The molecule has 0 amide bonds. The van der Waals surface area contributed by atoms with Gasteiger partial charge in [-0.05, 0) is 12.8 Å². The number of carbonyl (C=O) groups is 1. The zero-order valence-electron chi connectivity index (χ0n) is 11.5. The average Bonchev–Trinajstić information content (AvgIpc) is 2.94. The number of rotatable bonds is 7. The van der Waals surface area contributed by atoms with Gasteiger partial charge in [0.1, 0.15) is 0 Å². The highest BCUT2D eigenvalue weighted by atomic mass is 32.2. The Labute approximate surface area is 122 Å². The summed E-state index contributed by atoms with van der Waals surface area (Å²) in [6.07, 6.45) is 0.830. The highest BCUT2D eigenvalue weighted by Crippen LogP contribution is 2.21. The third-order valence-electron chi connectivity index (χ3n) is 3.07. The van der Waals surface area contributed by atoms with Gasteiger partial charge in [-0.15, -0.1) is 11.3 Å². The molecule has 0 fully saturated rings. The lowest BCUT2D eigenvalue weighted by Crippen LogP contribution is -2.42. The summed E-state index contributed by atoms with van der Waals surface area (Å²) in [5.41, 5.74) is -0.0999. The maximum atomic E-state index is 12.2. The number of aromatic nitrogens is 1. The van der Waals surface area contributed by atoms with Crippen LogP contribution in [0.3, 0.4) is 0 Å². The van der Waals surface area contributed by atoms with E-state index >= 15 is 0 Å². The Kier molecular flexibility index (Phi) is 5.63. The van der Waals surface area contributed by atoms with Crippen molar-refractivity contribution in [2.24, 2.45) is 0 Å². The van der Waals surface area contributed by atoms with E-state index in [0.717, 1.165) is 18.4 Å². The van der Waals surface area contributed by atoms with E-state index in [4.69, 9.17) is 0 Å². The molecule has 0 aliphatic heterocycles. The molecule has 114 valence electrons. The molecule has 1 heterocycles. The summed E-state index contributed by atoms with van der Waals surface area (Å²) in [5.74, 6) is -0.812. The number of esters is 1. The van der Waals surface area contributed by atoms with Crippen molar-refractivity contribution in [3.8, 4) is 0 Å². The molecule has 0 unspecified atom stereocenters. The van der Waals surface area contributed by atoms with Crippen LogP contribution in [-0.4, -0.2) is 43.7 Å². The van der Waals surface area contributed by atoms with E-state index < -0.39 is 21.6 Å². The summed E-state index contributed by atoms with van der Waals surface area (Å²) < 4.78 is 30.9. The first-order valence-corrected chi connectivity index (χ1v) is 8.39. The Morgan fingerprint density at radius 1 is 1.50 bits per heavy atom. The van der Waals surface area contributed by atoms with Crippen molar-refractivity contribution in [1.82, 2.24) is 9.71 Å². The summed E-state index contributed by atoms with van der Waals surface area (Å²) in [6, 6.07) is 0. The smallest absolute Gasteiger partial charge is 0.358 e. The predicted octanol–water partition coefficient (Wildman–Crippen LogP) is 0.759. The third-order valence-corrected chi connectivity index (χ3v) is 5.84. The summed E-state index contributed by atoms with van der Waals surface area (Å²) in [6.45, 7) is 3.41. The normalized spacial score (nSPS) is 12.4. The highest BCUT2D eigenvalue weighted by Gasteiger charge is 2.30. The van der Waals surface area contributed by atoms with Gasteiger partial charge in [-0.25, -0.2) is 22.9 Å². The van der Waals surface area contributed by atoms with Crippen molar-refractivity contribution in [3.05, 3.63) is 11.2 Å². The maximum Gasteiger partial charge on any atom is 0.358 e. The summed E-state index contributed by atoms with van der Waals surface area (Å²) >= 11 is 0.822.